The minimum absolute atomic E-state index is 0.157. The van der Waals surface area contributed by atoms with Crippen LogP contribution >= 0.6 is 22.9 Å². The summed E-state index contributed by atoms with van der Waals surface area (Å²) in [6, 6.07) is 10.8. The lowest BCUT2D eigenvalue weighted by Crippen LogP contribution is -2.23. The van der Waals surface area contributed by atoms with E-state index < -0.39 is 0 Å². The number of thiophene rings is 1. The molecular weight excluding hydrogens is 424 g/mol. The molecule has 0 atom stereocenters. The molecule has 0 aliphatic rings. The number of fused-ring (bicyclic) bond motifs is 1. The largest absolute Gasteiger partial charge is 0.350 e. The number of nitrogens with zero attached hydrogens (tertiary/aromatic N) is 3. The number of hydrogen-bond acceptors (Lipinski definition) is 6. The Bertz CT molecular complexity index is 1230. The number of aromatic nitrogens is 4. The molecule has 0 aliphatic carbocycles. The second-order valence-corrected chi connectivity index (χ2v) is 8.15. The normalized spacial score (nSPS) is 11.0. The SMILES string of the molecule is Cc1nc2nc(NCc3cccs3)[nH]n2c(=O)c1CCC(=O)Nc1ccc(Cl)cc1. The fraction of sp³-hybridized carbons (Fsp3) is 0.200. The van der Waals surface area contributed by atoms with E-state index in [1.165, 1.54) is 4.52 Å². The van der Waals surface area contributed by atoms with Crippen molar-refractivity contribution < 1.29 is 4.79 Å². The van der Waals surface area contributed by atoms with E-state index in [1.54, 1.807) is 42.5 Å². The third-order valence-corrected chi connectivity index (χ3v) is 5.66. The minimum Gasteiger partial charge on any atom is -0.350 e. The number of hydrogen-bond donors (Lipinski definition) is 3. The number of carbonyl (C=O) groups excluding carboxylic acids is 1. The highest BCUT2D eigenvalue weighted by atomic mass is 35.5. The molecule has 0 aliphatic heterocycles. The lowest BCUT2D eigenvalue weighted by Gasteiger charge is -2.07. The Morgan fingerprint density at radius 2 is 2.03 bits per heavy atom. The number of carbonyl (C=O) groups is 1. The zero-order valence-corrected chi connectivity index (χ0v) is 17.7. The van der Waals surface area contributed by atoms with Gasteiger partial charge in [0.1, 0.15) is 0 Å². The van der Waals surface area contributed by atoms with Crippen molar-refractivity contribution in [2.75, 3.05) is 10.6 Å². The molecule has 10 heteroatoms. The summed E-state index contributed by atoms with van der Waals surface area (Å²) in [5.41, 5.74) is 1.44. The van der Waals surface area contributed by atoms with Crippen LogP contribution in [-0.4, -0.2) is 25.5 Å². The molecule has 0 spiro atoms. The Balaban J connectivity index is 1.46. The van der Waals surface area contributed by atoms with Gasteiger partial charge in [0.15, 0.2) is 0 Å². The van der Waals surface area contributed by atoms with E-state index in [9.17, 15) is 9.59 Å². The van der Waals surface area contributed by atoms with E-state index in [2.05, 4.69) is 25.7 Å². The molecule has 1 aromatic carbocycles. The van der Waals surface area contributed by atoms with Gasteiger partial charge in [-0.05, 0) is 49.1 Å². The highest BCUT2D eigenvalue weighted by Gasteiger charge is 2.15. The number of nitrogens with one attached hydrogen (secondary N) is 3. The van der Waals surface area contributed by atoms with Gasteiger partial charge in [0.05, 0.1) is 12.2 Å². The molecule has 3 aromatic heterocycles. The van der Waals surface area contributed by atoms with Gasteiger partial charge < -0.3 is 10.6 Å². The van der Waals surface area contributed by atoms with Gasteiger partial charge in [0.2, 0.25) is 11.9 Å². The molecule has 0 fully saturated rings. The van der Waals surface area contributed by atoms with Gasteiger partial charge in [-0.25, -0.2) is 4.98 Å². The van der Waals surface area contributed by atoms with Crippen molar-refractivity contribution in [3.8, 4) is 0 Å². The number of halogens is 1. The smallest absolute Gasteiger partial charge is 0.277 e. The molecular formula is C20H19ClN6O2S. The Hall–Kier alpha value is -3.17. The van der Waals surface area contributed by atoms with Gasteiger partial charge in [-0.15, -0.1) is 11.3 Å². The molecule has 3 N–H and O–H groups in total. The molecule has 8 nitrogen and oxygen atoms in total. The molecule has 30 heavy (non-hydrogen) atoms. The van der Waals surface area contributed by atoms with Gasteiger partial charge in [-0.1, -0.05) is 17.7 Å². The van der Waals surface area contributed by atoms with Crippen LogP contribution in [0.2, 0.25) is 5.02 Å². The molecule has 0 saturated heterocycles. The summed E-state index contributed by atoms with van der Waals surface area (Å²) in [6.45, 7) is 2.35. The Morgan fingerprint density at radius 1 is 1.23 bits per heavy atom. The van der Waals surface area contributed by atoms with E-state index in [0.29, 0.717) is 40.2 Å². The average molecular weight is 443 g/mol. The summed E-state index contributed by atoms with van der Waals surface area (Å²) >= 11 is 7.49. The highest BCUT2D eigenvalue weighted by molar-refractivity contribution is 7.09. The van der Waals surface area contributed by atoms with Crippen LogP contribution < -0.4 is 16.2 Å². The molecule has 4 rings (SSSR count). The van der Waals surface area contributed by atoms with Gasteiger partial charge in [0.25, 0.3) is 11.3 Å². The zero-order chi connectivity index (χ0) is 21.1. The predicted molar refractivity (Wildman–Crippen MR) is 118 cm³/mol. The van der Waals surface area contributed by atoms with Crippen LogP contribution in [0.25, 0.3) is 5.78 Å². The molecule has 1 amide bonds. The van der Waals surface area contributed by atoms with Gasteiger partial charge >= 0.3 is 0 Å². The van der Waals surface area contributed by atoms with Crippen LogP contribution in [0.3, 0.4) is 0 Å². The number of anilines is 2. The van der Waals surface area contributed by atoms with Gasteiger partial charge in [-0.3, -0.25) is 14.7 Å². The summed E-state index contributed by atoms with van der Waals surface area (Å²) in [6.07, 6.45) is 0.432. The van der Waals surface area contributed by atoms with Crippen molar-refractivity contribution >= 4 is 46.3 Å². The topological polar surface area (TPSA) is 104 Å². The predicted octanol–water partition coefficient (Wildman–Crippen LogP) is 3.62. The average Bonchev–Trinajstić information content (AvgIpc) is 3.37. The first-order valence-electron chi connectivity index (χ1n) is 9.29. The summed E-state index contributed by atoms with van der Waals surface area (Å²) in [7, 11) is 0. The second-order valence-electron chi connectivity index (χ2n) is 6.68. The Morgan fingerprint density at radius 3 is 2.77 bits per heavy atom. The second kappa shape index (κ2) is 8.68. The van der Waals surface area contributed by atoms with Crippen LogP contribution in [0.1, 0.15) is 22.6 Å². The standard InChI is InChI=1S/C20H19ClN6O2S/c1-12-16(8-9-17(28)24-14-6-4-13(21)5-7-14)18(29)27-20(23-12)25-19(26-27)22-11-15-3-2-10-30-15/h2-7,10H,8-9,11H2,1H3,(H,24,28)(H2,22,23,25,26). The molecule has 4 aromatic rings. The van der Waals surface area contributed by atoms with Crippen LogP contribution in [0.5, 0.6) is 0 Å². The minimum atomic E-state index is -0.256. The highest BCUT2D eigenvalue weighted by Crippen LogP contribution is 2.15. The third-order valence-electron chi connectivity index (χ3n) is 4.54. The Labute approximate surface area is 180 Å². The van der Waals surface area contributed by atoms with E-state index in [0.717, 1.165) is 4.88 Å². The van der Waals surface area contributed by atoms with Crippen LogP contribution in [0.15, 0.2) is 46.6 Å². The van der Waals surface area contributed by atoms with E-state index in [1.807, 2.05) is 17.5 Å². The van der Waals surface area contributed by atoms with Crippen LogP contribution in [0, 0.1) is 6.92 Å². The molecule has 0 bridgehead atoms. The van der Waals surface area contributed by atoms with Crippen molar-refractivity contribution in [3.05, 3.63) is 73.3 Å². The summed E-state index contributed by atoms with van der Waals surface area (Å²) in [5.74, 6) is 0.565. The number of rotatable bonds is 7. The summed E-state index contributed by atoms with van der Waals surface area (Å²) in [4.78, 5) is 35.0. The van der Waals surface area contributed by atoms with E-state index in [-0.39, 0.29) is 24.3 Å². The van der Waals surface area contributed by atoms with E-state index >= 15 is 0 Å². The maximum atomic E-state index is 12.9. The number of aryl methyl sites for hydroxylation is 1. The van der Waals surface area contributed by atoms with E-state index in [4.69, 9.17) is 11.6 Å². The number of amides is 1. The fourth-order valence-corrected chi connectivity index (χ4v) is 3.77. The van der Waals surface area contributed by atoms with Gasteiger partial charge in [0, 0.05) is 27.6 Å². The first-order chi connectivity index (χ1) is 14.5. The summed E-state index contributed by atoms with van der Waals surface area (Å²) < 4.78 is 1.30. The molecule has 0 unspecified atom stereocenters. The molecule has 0 saturated carbocycles. The maximum Gasteiger partial charge on any atom is 0.277 e. The molecule has 154 valence electrons. The van der Waals surface area contributed by atoms with Crippen molar-refractivity contribution in [1.29, 1.82) is 0 Å². The lowest BCUT2D eigenvalue weighted by molar-refractivity contribution is -0.116. The van der Waals surface area contributed by atoms with Crippen molar-refractivity contribution in [1.82, 2.24) is 19.6 Å². The zero-order valence-electron chi connectivity index (χ0n) is 16.1. The number of benzene rings is 1. The quantitative estimate of drug-likeness (QED) is 0.405. The lowest BCUT2D eigenvalue weighted by atomic mass is 10.1. The van der Waals surface area contributed by atoms with Crippen molar-refractivity contribution in [3.63, 3.8) is 0 Å². The number of aromatic amines is 1. The first kappa shape index (κ1) is 20.1. The van der Waals surface area contributed by atoms with Crippen LogP contribution in [0.4, 0.5) is 11.6 Å². The fourth-order valence-electron chi connectivity index (χ4n) is 3.00. The monoisotopic (exact) mass is 442 g/mol. The van der Waals surface area contributed by atoms with Crippen molar-refractivity contribution in [2.45, 2.75) is 26.3 Å². The number of H-pyrrole nitrogens is 1. The molecule has 3 heterocycles. The van der Waals surface area contributed by atoms with Crippen LogP contribution in [-0.2, 0) is 17.8 Å². The summed E-state index contributed by atoms with van der Waals surface area (Å²) in [5, 5.41) is 11.5. The maximum absolute atomic E-state index is 12.9. The van der Waals surface area contributed by atoms with Gasteiger partial charge in [-0.2, -0.15) is 9.50 Å². The molecule has 0 radical (unpaired) electrons. The Kier molecular flexibility index (Phi) is 5.82. The first-order valence-corrected chi connectivity index (χ1v) is 10.6. The third kappa shape index (κ3) is 4.52. The van der Waals surface area contributed by atoms with Crippen molar-refractivity contribution in [2.24, 2.45) is 0 Å².